The number of nitrogens with one attached hydrogen (secondary N) is 1. The summed E-state index contributed by atoms with van der Waals surface area (Å²) in [4.78, 5) is 3.34. The van der Waals surface area contributed by atoms with Gasteiger partial charge in [0.1, 0.15) is 0 Å². The Morgan fingerprint density at radius 3 is 2.73 bits per heavy atom. The second-order valence-electron chi connectivity index (χ2n) is 5.30. The summed E-state index contributed by atoms with van der Waals surface area (Å²) >= 11 is 4.25. The first-order valence-corrected chi connectivity index (χ1v) is 8.11. The maximum absolute atomic E-state index is 4.25. The molecule has 0 fully saturated rings. The first-order chi connectivity index (χ1) is 10.8. The number of benzene rings is 1. The SMILES string of the molecule is C/C(S)=C/C=C/C=C/N(Cc1ccccc1)C1=CCNCC1. The molecule has 1 heterocycles. The number of thiol groups is 1. The third kappa shape index (κ3) is 5.96. The van der Waals surface area contributed by atoms with E-state index >= 15 is 0 Å². The molecule has 2 rings (SSSR count). The van der Waals surface area contributed by atoms with Gasteiger partial charge in [0.05, 0.1) is 0 Å². The second kappa shape index (κ2) is 9.34. The summed E-state index contributed by atoms with van der Waals surface area (Å²) in [5.74, 6) is 0. The van der Waals surface area contributed by atoms with Gasteiger partial charge in [-0.15, -0.1) is 12.6 Å². The third-order valence-corrected chi connectivity index (χ3v) is 3.58. The first kappa shape index (κ1) is 16.7. The second-order valence-corrected chi connectivity index (χ2v) is 6.00. The van der Waals surface area contributed by atoms with Crippen molar-refractivity contribution in [2.45, 2.75) is 19.9 Å². The normalized spacial score (nSPS) is 16.3. The standard InChI is InChI=1S/C19H24N2S/c1-17(22)8-4-3-7-15-21(19-11-13-20-14-12-19)16-18-9-5-2-6-10-18/h2-11,15,20,22H,12-14,16H2,1H3/b4-3+,15-7+,17-8-. The van der Waals surface area contributed by atoms with Crippen LogP contribution in [0.3, 0.4) is 0 Å². The largest absolute Gasteiger partial charge is 0.347 e. The van der Waals surface area contributed by atoms with Crippen molar-refractivity contribution in [1.82, 2.24) is 10.2 Å². The van der Waals surface area contributed by atoms with Crippen LogP contribution in [0, 0.1) is 0 Å². The molecule has 1 aliphatic rings. The summed E-state index contributed by atoms with van der Waals surface area (Å²) in [6.07, 6.45) is 13.6. The highest BCUT2D eigenvalue weighted by atomic mass is 32.1. The lowest BCUT2D eigenvalue weighted by Gasteiger charge is -2.26. The predicted molar refractivity (Wildman–Crippen MR) is 98.6 cm³/mol. The van der Waals surface area contributed by atoms with E-state index in [1.54, 1.807) is 0 Å². The average Bonchev–Trinajstić information content (AvgIpc) is 2.55. The molecule has 0 atom stereocenters. The zero-order valence-corrected chi connectivity index (χ0v) is 14.0. The number of nitrogens with zero attached hydrogens (tertiary/aromatic N) is 1. The zero-order valence-electron chi connectivity index (χ0n) is 13.1. The Bertz CT molecular complexity index is 566. The lowest BCUT2D eigenvalue weighted by atomic mass is 10.1. The van der Waals surface area contributed by atoms with Gasteiger partial charge in [-0.3, -0.25) is 0 Å². The molecule has 1 aromatic rings. The van der Waals surface area contributed by atoms with Crippen molar-refractivity contribution in [2.24, 2.45) is 0 Å². The van der Waals surface area contributed by atoms with Crippen LogP contribution in [-0.4, -0.2) is 18.0 Å². The van der Waals surface area contributed by atoms with Crippen molar-refractivity contribution in [3.8, 4) is 0 Å². The predicted octanol–water partition coefficient (Wildman–Crippen LogP) is 4.27. The highest BCUT2D eigenvalue weighted by molar-refractivity contribution is 7.84. The lowest BCUT2D eigenvalue weighted by Crippen LogP contribution is -2.27. The molecule has 1 aromatic carbocycles. The van der Waals surface area contributed by atoms with E-state index in [2.05, 4.69) is 71.5 Å². The van der Waals surface area contributed by atoms with Crippen LogP contribution in [0.25, 0.3) is 0 Å². The van der Waals surface area contributed by atoms with Crippen molar-refractivity contribution in [3.05, 3.63) is 83.1 Å². The van der Waals surface area contributed by atoms with Crippen molar-refractivity contribution in [3.63, 3.8) is 0 Å². The molecule has 0 saturated carbocycles. The summed E-state index contributed by atoms with van der Waals surface area (Å²) in [6, 6.07) is 10.6. The van der Waals surface area contributed by atoms with E-state index in [0.717, 1.165) is 31.0 Å². The number of rotatable bonds is 6. The van der Waals surface area contributed by atoms with E-state index in [-0.39, 0.29) is 0 Å². The van der Waals surface area contributed by atoms with Crippen LogP contribution in [-0.2, 0) is 6.54 Å². The molecule has 1 N–H and O–H groups in total. The smallest absolute Gasteiger partial charge is 0.0472 e. The summed E-state index contributed by atoms with van der Waals surface area (Å²) < 4.78 is 0. The Balaban J connectivity index is 2.07. The fraction of sp³-hybridized carbons (Fsp3) is 0.263. The Kier molecular flexibility index (Phi) is 7.07. The number of allylic oxidation sites excluding steroid dienone is 5. The molecule has 22 heavy (non-hydrogen) atoms. The fourth-order valence-electron chi connectivity index (χ4n) is 2.31. The molecule has 0 aromatic heterocycles. The highest BCUT2D eigenvalue weighted by Crippen LogP contribution is 2.16. The summed E-state index contributed by atoms with van der Waals surface area (Å²) in [7, 11) is 0. The van der Waals surface area contributed by atoms with Gasteiger partial charge in [-0.05, 0) is 29.9 Å². The van der Waals surface area contributed by atoms with Crippen molar-refractivity contribution >= 4 is 12.6 Å². The Hall–Kier alpha value is -1.71. The van der Waals surface area contributed by atoms with E-state index in [9.17, 15) is 0 Å². The van der Waals surface area contributed by atoms with Crippen LogP contribution < -0.4 is 5.32 Å². The minimum atomic E-state index is 0.901. The zero-order chi connectivity index (χ0) is 15.6. The van der Waals surface area contributed by atoms with Gasteiger partial charge in [0, 0.05) is 31.5 Å². The van der Waals surface area contributed by atoms with E-state index in [1.807, 2.05) is 25.2 Å². The lowest BCUT2D eigenvalue weighted by molar-refractivity contribution is 0.424. The van der Waals surface area contributed by atoms with E-state index in [1.165, 1.54) is 11.3 Å². The quantitative estimate of drug-likeness (QED) is 0.602. The monoisotopic (exact) mass is 312 g/mol. The minimum Gasteiger partial charge on any atom is -0.347 e. The van der Waals surface area contributed by atoms with Gasteiger partial charge in [0.15, 0.2) is 0 Å². The Labute approximate surface area is 139 Å². The van der Waals surface area contributed by atoms with E-state index in [0.29, 0.717) is 0 Å². The van der Waals surface area contributed by atoms with Crippen LogP contribution in [0.1, 0.15) is 18.9 Å². The van der Waals surface area contributed by atoms with Gasteiger partial charge >= 0.3 is 0 Å². The van der Waals surface area contributed by atoms with Crippen LogP contribution >= 0.6 is 12.6 Å². The molecule has 1 aliphatic heterocycles. The molecular weight excluding hydrogens is 288 g/mol. The topological polar surface area (TPSA) is 15.3 Å². The maximum Gasteiger partial charge on any atom is 0.0472 e. The Morgan fingerprint density at radius 1 is 1.23 bits per heavy atom. The van der Waals surface area contributed by atoms with Crippen LogP contribution in [0.15, 0.2) is 77.5 Å². The number of hydrogen-bond donors (Lipinski definition) is 2. The highest BCUT2D eigenvalue weighted by Gasteiger charge is 2.09. The summed E-state index contributed by atoms with van der Waals surface area (Å²) in [6.45, 7) is 4.87. The molecule has 0 aliphatic carbocycles. The van der Waals surface area contributed by atoms with Gasteiger partial charge in [0.25, 0.3) is 0 Å². The summed E-state index contributed by atoms with van der Waals surface area (Å²) in [5.41, 5.74) is 2.70. The average molecular weight is 312 g/mol. The van der Waals surface area contributed by atoms with Crippen molar-refractivity contribution in [2.75, 3.05) is 13.1 Å². The minimum absolute atomic E-state index is 0.901. The number of hydrogen-bond acceptors (Lipinski definition) is 3. The van der Waals surface area contributed by atoms with Crippen LogP contribution in [0.4, 0.5) is 0 Å². The first-order valence-electron chi connectivity index (χ1n) is 7.67. The summed E-state index contributed by atoms with van der Waals surface area (Å²) in [5, 5.41) is 3.36. The van der Waals surface area contributed by atoms with E-state index < -0.39 is 0 Å². The van der Waals surface area contributed by atoms with Crippen molar-refractivity contribution in [1.29, 1.82) is 0 Å². The molecule has 0 amide bonds. The van der Waals surface area contributed by atoms with Gasteiger partial charge < -0.3 is 10.2 Å². The third-order valence-electron chi connectivity index (χ3n) is 3.43. The molecule has 0 saturated heterocycles. The van der Waals surface area contributed by atoms with Crippen LogP contribution in [0.5, 0.6) is 0 Å². The molecule has 0 radical (unpaired) electrons. The molecule has 2 nitrogen and oxygen atoms in total. The molecular formula is C19H24N2S. The van der Waals surface area contributed by atoms with Gasteiger partial charge in [0.2, 0.25) is 0 Å². The molecule has 0 bridgehead atoms. The Morgan fingerprint density at radius 2 is 2.05 bits per heavy atom. The van der Waals surface area contributed by atoms with Gasteiger partial charge in [-0.1, -0.05) is 54.6 Å². The fourth-order valence-corrected chi connectivity index (χ4v) is 2.40. The van der Waals surface area contributed by atoms with Gasteiger partial charge in [-0.25, -0.2) is 0 Å². The molecule has 0 unspecified atom stereocenters. The van der Waals surface area contributed by atoms with Crippen molar-refractivity contribution < 1.29 is 0 Å². The molecule has 116 valence electrons. The van der Waals surface area contributed by atoms with Gasteiger partial charge in [-0.2, -0.15) is 0 Å². The maximum atomic E-state index is 4.25. The van der Waals surface area contributed by atoms with Crippen LogP contribution in [0.2, 0.25) is 0 Å². The van der Waals surface area contributed by atoms with E-state index in [4.69, 9.17) is 0 Å². The molecule has 0 spiro atoms. The molecule has 3 heteroatoms.